The van der Waals surface area contributed by atoms with Crippen molar-refractivity contribution < 1.29 is 0 Å². The lowest BCUT2D eigenvalue weighted by atomic mass is 10.6. The Labute approximate surface area is 85.0 Å². The minimum atomic E-state index is -1.05. The molecule has 0 amide bonds. The Morgan fingerprint density at radius 1 is 1.15 bits per heavy atom. The minimum Gasteiger partial charge on any atom is -0.342 e. The van der Waals surface area contributed by atoms with Gasteiger partial charge in [-0.1, -0.05) is 38.7 Å². The molecule has 1 fully saturated rings. The van der Waals surface area contributed by atoms with Gasteiger partial charge in [0.05, 0.1) is 0 Å². The molecular weight excluding hydrogens is 190 g/mol. The van der Waals surface area contributed by atoms with Crippen LogP contribution in [0.25, 0.3) is 0 Å². The summed E-state index contributed by atoms with van der Waals surface area (Å²) in [7, 11) is -2.10. The van der Waals surface area contributed by atoms with Gasteiger partial charge in [0.2, 0.25) is 0 Å². The summed E-state index contributed by atoms with van der Waals surface area (Å²) in [6.07, 6.45) is 3.57. The van der Waals surface area contributed by atoms with E-state index in [0.717, 1.165) is 6.54 Å². The standard InChI is InChI=1S/C10H23NSi2/c1-6-8-11-12(2,3)9-7-10-13(11,4)5/h6H,1,7-10H2,2-5H3. The van der Waals surface area contributed by atoms with Crippen LogP contribution in [0.1, 0.15) is 6.42 Å². The van der Waals surface area contributed by atoms with Crippen molar-refractivity contribution in [3.8, 4) is 0 Å². The fourth-order valence-electron chi connectivity index (χ4n) is 2.67. The molecule has 13 heavy (non-hydrogen) atoms. The van der Waals surface area contributed by atoms with Crippen molar-refractivity contribution in [1.82, 2.24) is 4.23 Å². The topological polar surface area (TPSA) is 3.24 Å². The third-order valence-electron chi connectivity index (χ3n) is 3.35. The van der Waals surface area contributed by atoms with Gasteiger partial charge >= 0.3 is 0 Å². The monoisotopic (exact) mass is 213 g/mol. The van der Waals surface area contributed by atoms with Gasteiger partial charge in [-0.3, -0.25) is 0 Å². The van der Waals surface area contributed by atoms with E-state index in [0.29, 0.717) is 0 Å². The maximum absolute atomic E-state index is 3.89. The molecular formula is C10H23NSi2. The molecule has 76 valence electrons. The molecule has 1 heterocycles. The Morgan fingerprint density at radius 2 is 1.62 bits per heavy atom. The largest absolute Gasteiger partial charge is 0.342 e. The maximum Gasteiger partial charge on any atom is 0.115 e. The number of rotatable bonds is 2. The zero-order valence-corrected chi connectivity index (χ0v) is 11.6. The van der Waals surface area contributed by atoms with Gasteiger partial charge in [-0.15, -0.1) is 6.58 Å². The van der Waals surface area contributed by atoms with Crippen LogP contribution in [0.2, 0.25) is 38.3 Å². The molecule has 1 saturated heterocycles. The first-order valence-corrected chi connectivity index (χ1v) is 11.6. The SMILES string of the molecule is C=CCN1[Si](C)(C)CCC[Si]1(C)C. The average molecular weight is 213 g/mol. The number of hydrogen-bond acceptors (Lipinski definition) is 1. The second kappa shape index (κ2) is 3.71. The molecule has 1 nitrogen and oxygen atoms in total. The minimum absolute atomic E-state index is 1.05. The molecule has 1 aliphatic rings. The molecule has 0 aromatic heterocycles. The fraction of sp³-hybridized carbons (Fsp3) is 0.800. The lowest BCUT2D eigenvalue weighted by Crippen LogP contribution is -2.64. The van der Waals surface area contributed by atoms with Crippen molar-refractivity contribution >= 4 is 16.5 Å². The Hall–Kier alpha value is 0.134. The first-order chi connectivity index (χ1) is 5.90. The Kier molecular flexibility index (Phi) is 3.20. The zero-order chi connectivity index (χ0) is 10.1. The van der Waals surface area contributed by atoms with E-state index in [-0.39, 0.29) is 0 Å². The van der Waals surface area contributed by atoms with Gasteiger partial charge in [-0.05, 0) is 12.1 Å². The van der Waals surface area contributed by atoms with Crippen molar-refractivity contribution in [2.24, 2.45) is 0 Å². The molecule has 0 bridgehead atoms. The molecule has 0 spiro atoms. The summed E-state index contributed by atoms with van der Waals surface area (Å²) in [6, 6.07) is 2.97. The van der Waals surface area contributed by atoms with E-state index < -0.39 is 16.5 Å². The Bertz CT molecular complexity index is 183. The second-order valence-corrected chi connectivity index (χ2v) is 15.2. The van der Waals surface area contributed by atoms with Crippen LogP contribution in [-0.4, -0.2) is 27.2 Å². The summed E-state index contributed by atoms with van der Waals surface area (Å²) in [6.45, 7) is 15.1. The highest BCUT2D eigenvalue weighted by Gasteiger charge is 2.42. The van der Waals surface area contributed by atoms with Crippen LogP contribution in [0, 0.1) is 0 Å². The summed E-state index contributed by atoms with van der Waals surface area (Å²) in [5.41, 5.74) is 0. The van der Waals surface area contributed by atoms with E-state index in [1.807, 2.05) is 0 Å². The first kappa shape index (κ1) is 11.2. The van der Waals surface area contributed by atoms with E-state index in [9.17, 15) is 0 Å². The summed E-state index contributed by atoms with van der Waals surface area (Å²) < 4.78 is 2.86. The molecule has 0 N–H and O–H groups in total. The van der Waals surface area contributed by atoms with Crippen molar-refractivity contribution in [2.45, 2.75) is 44.7 Å². The molecule has 0 aromatic rings. The third kappa shape index (κ3) is 2.33. The van der Waals surface area contributed by atoms with E-state index >= 15 is 0 Å². The summed E-state index contributed by atoms with van der Waals surface area (Å²) in [4.78, 5) is 0. The maximum atomic E-state index is 3.89. The van der Waals surface area contributed by atoms with E-state index in [1.165, 1.54) is 18.5 Å². The highest BCUT2D eigenvalue weighted by atomic mass is 28.4. The van der Waals surface area contributed by atoms with Crippen LogP contribution in [0.5, 0.6) is 0 Å². The summed E-state index contributed by atoms with van der Waals surface area (Å²) in [5.74, 6) is 0. The third-order valence-corrected chi connectivity index (χ3v) is 13.4. The van der Waals surface area contributed by atoms with Crippen LogP contribution < -0.4 is 0 Å². The highest BCUT2D eigenvalue weighted by molar-refractivity contribution is 6.91. The van der Waals surface area contributed by atoms with Crippen molar-refractivity contribution in [2.75, 3.05) is 6.54 Å². The van der Waals surface area contributed by atoms with E-state index in [2.05, 4.69) is 43.1 Å². The van der Waals surface area contributed by atoms with Crippen LogP contribution in [0.15, 0.2) is 12.7 Å². The van der Waals surface area contributed by atoms with Crippen LogP contribution in [-0.2, 0) is 0 Å². The number of nitrogens with zero attached hydrogens (tertiary/aromatic N) is 1. The molecule has 3 heteroatoms. The average Bonchev–Trinajstić information content (AvgIpc) is 1.96. The van der Waals surface area contributed by atoms with Gasteiger partial charge in [0.25, 0.3) is 0 Å². The molecule has 0 aliphatic carbocycles. The number of hydrogen-bond donors (Lipinski definition) is 0. The Balaban J connectivity index is 2.83. The van der Waals surface area contributed by atoms with Gasteiger partial charge < -0.3 is 4.23 Å². The van der Waals surface area contributed by atoms with Crippen molar-refractivity contribution in [3.05, 3.63) is 12.7 Å². The van der Waals surface area contributed by atoms with Crippen LogP contribution in [0.3, 0.4) is 0 Å². The lowest BCUT2D eigenvalue weighted by Gasteiger charge is -2.50. The van der Waals surface area contributed by atoms with Gasteiger partial charge in [0.1, 0.15) is 16.5 Å². The lowest BCUT2D eigenvalue weighted by molar-refractivity contribution is 0.633. The molecule has 1 rings (SSSR count). The van der Waals surface area contributed by atoms with E-state index in [1.54, 1.807) is 0 Å². The molecule has 0 atom stereocenters. The fourth-order valence-corrected chi connectivity index (χ4v) is 14.1. The van der Waals surface area contributed by atoms with Gasteiger partial charge in [0, 0.05) is 6.54 Å². The summed E-state index contributed by atoms with van der Waals surface area (Å²) in [5, 5.41) is 0. The molecule has 0 aromatic carbocycles. The van der Waals surface area contributed by atoms with Crippen molar-refractivity contribution in [3.63, 3.8) is 0 Å². The molecule has 0 unspecified atom stereocenters. The Morgan fingerprint density at radius 3 is 2.00 bits per heavy atom. The summed E-state index contributed by atoms with van der Waals surface area (Å²) >= 11 is 0. The predicted octanol–water partition coefficient (Wildman–Crippen LogP) is 3.29. The molecule has 0 saturated carbocycles. The van der Waals surface area contributed by atoms with Crippen molar-refractivity contribution in [1.29, 1.82) is 0 Å². The normalized spacial score (nSPS) is 27.1. The van der Waals surface area contributed by atoms with Gasteiger partial charge in [-0.2, -0.15) is 0 Å². The van der Waals surface area contributed by atoms with Gasteiger partial charge in [0.15, 0.2) is 0 Å². The quantitative estimate of drug-likeness (QED) is 0.503. The van der Waals surface area contributed by atoms with Gasteiger partial charge in [-0.25, -0.2) is 0 Å². The molecule has 0 radical (unpaired) electrons. The predicted molar refractivity (Wildman–Crippen MR) is 66.1 cm³/mol. The molecule has 1 aliphatic heterocycles. The first-order valence-electron chi connectivity index (χ1n) is 5.29. The van der Waals surface area contributed by atoms with Crippen LogP contribution >= 0.6 is 0 Å². The zero-order valence-electron chi connectivity index (χ0n) is 9.56. The highest BCUT2D eigenvalue weighted by Crippen LogP contribution is 2.34. The smallest absolute Gasteiger partial charge is 0.115 e. The van der Waals surface area contributed by atoms with Crippen LogP contribution in [0.4, 0.5) is 0 Å². The second-order valence-electron chi connectivity index (χ2n) is 5.38. The van der Waals surface area contributed by atoms with E-state index in [4.69, 9.17) is 0 Å².